The molecule has 1 rings (SSSR count). The van der Waals surface area contributed by atoms with Gasteiger partial charge in [-0.2, -0.15) is 0 Å². The van der Waals surface area contributed by atoms with E-state index in [-0.39, 0.29) is 11.8 Å². The predicted octanol–water partition coefficient (Wildman–Crippen LogP) is 2.60. The number of ether oxygens (including phenoxy) is 1. The van der Waals surface area contributed by atoms with Crippen LogP contribution in [-0.2, 0) is 11.3 Å². The van der Waals surface area contributed by atoms with Crippen LogP contribution in [0.15, 0.2) is 30.3 Å². The van der Waals surface area contributed by atoms with Crippen LogP contribution in [-0.4, -0.2) is 51.4 Å². The molecule has 0 radical (unpaired) electrons. The quantitative estimate of drug-likeness (QED) is 0.446. The van der Waals surface area contributed by atoms with Crippen molar-refractivity contribution >= 4 is 0 Å². The summed E-state index contributed by atoms with van der Waals surface area (Å²) in [5.74, 6) is -1.36. The van der Waals surface area contributed by atoms with E-state index in [0.29, 0.717) is 19.6 Å². The van der Waals surface area contributed by atoms with Crippen molar-refractivity contribution in [3.8, 4) is 0 Å². The van der Waals surface area contributed by atoms with Crippen molar-refractivity contribution in [2.75, 3.05) is 6.61 Å². The van der Waals surface area contributed by atoms with Gasteiger partial charge >= 0.3 is 0 Å². The molecule has 8 atom stereocenters. The summed E-state index contributed by atoms with van der Waals surface area (Å²) in [5.41, 5.74) is 1.08. The Morgan fingerprint density at radius 3 is 1.85 bits per heavy atom. The highest BCUT2D eigenvalue weighted by atomic mass is 16.5. The Balaban J connectivity index is 2.53. The van der Waals surface area contributed by atoms with Gasteiger partial charge in [0.2, 0.25) is 0 Å². The first-order chi connectivity index (χ1) is 12.7. The Bertz CT molecular complexity index is 509. The van der Waals surface area contributed by atoms with Crippen molar-refractivity contribution < 1.29 is 25.2 Å². The van der Waals surface area contributed by atoms with Gasteiger partial charge in [-0.3, -0.25) is 0 Å². The van der Waals surface area contributed by atoms with Crippen molar-refractivity contribution in [1.29, 1.82) is 0 Å². The average molecular weight is 383 g/mol. The SMILES string of the molecule is CC[C@@H](O)[C@@H](C)[C@@H](O)[C@@H](C)[C@@H](O)[C@@H](C)[C@H](O)[C@H](C)COCc1ccccc1. The van der Waals surface area contributed by atoms with E-state index in [4.69, 9.17) is 4.74 Å². The molecule has 0 unspecified atom stereocenters. The van der Waals surface area contributed by atoms with Crippen LogP contribution in [0.4, 0.5) is 0 Å². The summed E-state index contributed by atoms with van der Waals surface area (Å²) < 4.78 is 5.70. The molecule has 0 heterocycles. The summed E-state index contributed by atoms with van der Waals surface area (Å²) in [4.78, 5) is 0. The Labute approximate surface area is 164 Å². The third-order valence-corrected chi connectivity index (χ3v) is 5.79. The Morgan fingerprint density at radius 2 is 1.30 bits per heavy atom. The first-order valence-electron chi connectivity index (χ1n) is 10.0. The van der Waals surface area contributed by atoms with Crippen LogP contribution >= 0.6 is 0 Å². The standard InChI is InChI=1S/C22H38O5/c1-6-19(23)15(3)21(25)17(5)22(26)16(4)20(24)14(2)12-27-13-18-10-8-7-9-11-18/h7-11,14-17,19-26H,6,12-13H2,1-5H3/t14-,15-,16+,17-,19-,20-,21-,22+/m1/s1. The molecule has 0 aromatic heterocycles. The van der Waals surface area contributed by atoms with Crippen molar-refractivity contribution in [2.24, 2.45) is 23.7 Å². The van der Waals surface area contributed by atoms with Gasteiger partial charge in [-0.25, -0.2) is 0 Å². The van der Waals surface area contributed by atoms with E-state index in [2.05, 4.69) is 0 Å². The summed E-state index contributed by atoms with van der Waals surface area (Å²) in [6, 6.07) is 9.84. The van der Waals surface area contributed by atoms with E-state index >= 15 is 0 Å². The van der Waals surface area contributed by atoms with Crippen LogP contribution in [0.2, 0.25) is 0 Å². The minimum Gasteiger partial charge on any atom is -0.393 e. The number of aliphatic hydroxyl groups excluding tert-OH is 4. The van der Waals surface area contributed by atoms with E-state index < -0.39 is 36.3 Å². The minimum absolute atomic E-state index is 0.152. The van der Waals surface area contributed by atoms with Crippen molar-refractivity contribution in [1.82, 2.24) is 0 Å². The highest BCUT2D eigenvalue weighted by Crippen LogP contribution is 2.27. The smallest absolute Gasteiger partial charge is 0.0717 e. The maximum atomic E-state index is 10.6. The molecule has 156 valence electrons. The van der Waals surface area contributed by atoms with Crippen LogP contribution in [0.25, 0.3) is 0 Å². The van der Waals surface area contributed by atoms with Gasteiger partial charge < -0.3 is 25.2 Å². The van der Waals surface area contributed by atoms with E-state index in [1.54, 1.807) is 20.8 Å². The second kappa shape index (κ2) is 11.8. The third kappa shape index (κ3) is 7.16. The minimum atomic E-state index is -0.877. The topological polar surface area (TPSA) is 90.2 Å². The second-order valence-corrected chi connectivity index (χ2v) is 8.00. The van der Waals surface area contributed by atoms with Gasteiger partial charge in [0, 0.05) is 23.7 Å². The molecule has 0 aliphatic carbocycles. The third-order valence-electron chi connectivity index (χ3n) is 5.79. The molecule has 0 bridgehead atoms. The molecule has 1 aromatic carbocycles. The maximum Gasteiger partial charge on any atom is 0.0717 e. The molecular formula is C22H38O5. The van der Waals surface area contributed by atoms with Gasteiger partial charge in [-0.05, 0) is 12.0 Å². The zero-order valence-corrected chi connectivity index (χ0v) is 17.3. The summed E-state index contributed by atoms with van der Waals surface area (Å²) in [6.45, 7) is 9.94. The highest BCUT2D eigenvalue weighted by molar-refractivity contribution is 5.13. The molecular weight excluding hydrogens is 344 g/mol. The first-order valence-corrected chi connectivity index (χ1v) is 10.0. The summed E-state index contributed by atoms with van der Waals surface area (Å²) >= 11 is 0. The molecule has 27 heavy (non-hydrogen) atoms. The Hall–Kier alpha value is -0.980. The van der Waals surface area contributed by atoms with Crippen LogP contribution < -0.4 is 0 Å². The fraction of sp³-hybridized carbons (Fsp3) is 0.727. The number of benzene rings is 1. The zero-order valence-electron chi connectivity index (χ0n) is 17.3. The number of hydrogen-bond donors (Lipinski definition) is 4. The van der Waals surface area contributed by atoms with E-state index in [9.17, 15) is 20.4 Å². The molecule has 0 aliphatic rings. The lowest BCUT2D eigenvalue weighted by atomic mass is 9.78. The van der Waals surface area contributed by atoms with Crippen LogP contribution in [0.3, 0.4) is 0 Å². The van der Waals surface area contributed by atoms with E-state index in [1.165, 1.54) is 0 Å². The van der Waals surface area contributed by atoms with Gasteiger partial charge in [0.1, 0.15) is 0 Å². The monoisotopic (exact) mass is 382 g/mol. The fourth-order valence-corrected chi connectivity index (χ4v) is 3.51. The van der Waals surface area contributed by atoms with Gasteiger partial charge in [-0.1, -0.05) is 65.0 Å². The van der Waals surface area contributed by atoms with Crippen LogP contribution in [0, 0.1) is 23.7 Å². The summed E-state index contributed by atoms with van der Waals surface area (Å²) in [7, 11) is 0. The van der Waals surface area contributed by atoms with Crippen LogP contribution in [0.5, 0.6) is 0 Å². The molecule has 5 nitrogen and oxygen atoms in total. The Kier molecular flexibility index (Phi) is 10.5. The molecule has 0 spiro atoms. The molecule has 0 aliphatic heterocycles. The fourth-order valence-electron chi connectivity index (χ4n) is 3.51. The number of aliphatic hydroxyl groups is 4. The maximum absolute atomic E-state index is 10.6. The first kappa shape index (κ1) is 24.1. The zero-order chi connectivity index (χ0) is 20.6. The molecule has 0 saturated carbocycles. The van der Waals surface area contributed by atoms with Crippen LogP contribution in [0.1, 0.15) is 46.6 Å². The van der Waals surface area contributed by atoms with E-state index in [0.717, 1.165) is 5.56 Å². The summed E-state index contributed by atoms with van der Waals surface area (Å²) in [6.07, 6.45) is -2.53. The van der Waals surface area contributed by atoms with Gasteiger partial charge in [0.05, 0.1) is 37.6 Å². The average Bonchev–Trinajstić information content (AvgIpc) is 2.70. The second-order valence-electron chi connectivity index (χ2n) is 8.00. The number of hydrogen-bond acceptors (Lipinski definition) is 5. The van der Waals surface area contributed by atoms with Gasteiger partial charge in [0.25, 0.3) is 0 Å². The lowest BCUT2D eigenvalue weighted by molar-refractivity contribution is -0.0897. The molecule has 0 saturated heterocycles. The lowest BCUT2D eigenvalue weighted by Crippen LogP contribution is -2.45. The Morgan fingerprint density at radius 1 is 0.778 bits per heavy atom. The molecule has 4 N–H and O–H groups in total. The van der Waals surface area contributed by atoms with E-state index in [1.807, 2.05) is 44.2 Å². The van der Waals surface area contributed by atoms with Gasteiger partial charge in [0.15, 0.2) is 0 Å². The lowest BCUT2D eigenvalue weighted by Gasteiger charge is -2.36. The van der Waals surface area contributed by atoms with Crippen molar-refractivity contribution in [2.45, 2.75) is 72.1 Å². The molecule has 0 amide bonds. The van der Waals surface area contributed by atoms with Gasteiger partial charge in [-0.15, -0.1) is 0 Å². The predicted molar refractivity (Wildman–Crippen MR) is 107 cm³/mol. The largest absolute Gasteiger partial charge is 0.393 e. The molecule has 5 heteroatoms. The normalized spacial score (nSPS) is 20.9. The molecule has 0 fully saturated rings. The van der Waals surface area contributed by atoms with Crippen molar-refractivity contribution in [3.63, 3.8) is 0 Å². The highest BCUT2D eigenvalue weighted by Gasteiger charge is 2.36. The number of rotatable bonds is 12. The van der Waals surface area contributed by atoms with Crippen molar-refractivity contribution in [3.05, 3.63) is 35.9 Å². The summed E-state index contributed by atoms with van der Waals surface area (Å²) in [5, 5.41) is 41.7. The molecule has 1 aromatic rings.